The van der Waals surface area contributed by atoms with Crippen LogP contribution in [0.4, 0.5) is 5.82 Å². The number of hydrogen-bond acceptors (Lipinski definition) is 3. The Morgan fingerprint density at radius 2 is 1.65 bits per heavy atom. The summed E-state index contributed by atoms with van der Waals surface area (Å²) in [5.41, 5.74) is 9.90. The predicted molar refractivity (Wildman–Crippen MR) is 83.9 cm³/mol. The van der Waals surface area contributed by atoms with Gasteiger partial charge in [-0.05, 0) is 70.0 Å². The molecule has 0 amide bonds. The molecule has 2 rings (SSSR count). The van der Waals surface area contributed by atoms with E-state index in [1.807, 2.05) is 45.9 Å². The van der Waals surface area contributed by atoms with Gasteiger partial charge in [0.2, 0.25) is 0 Å². The normalized spacial score (nSPS) is 11.4. The van der Waals surface area contributed by atoms with Gasteiger partial charge in [-0.2, -0.15) is 0 Å². The first kappa shape index (κ1) is 14.4. The SMILES string of the molecule is Cc1cc(OC(C)(C)C)ccc1-c1ccc(N)nc1C. The average molecular weight is 270 g/mol. The third kappa shape index (κ3) is 3.29. The third-order valence-corrected chi connectivity index (χ3v) is 3.02. The Morgan fingerprint density at radius 3 is 2.20 bits per heavy atom. The molecule has 0 fully saturated rings. The van der Waals surface area contributed by atoms with Crippen LogP contribution in [0.2, 0.25) is 0 Å². The summed E-state index contributed by atoms with van der Waals surface area (Å²) in [6, 6.07) is 10.0. The van der Waals surface area contributed by atoms with Crippen LogP contribution in [0.5, 0.6) is 5.75 Å². The van der Waals surface area contributed by atoms with E-state index in [0.717, 1.165) is 22.6 Å². The van der Waals surface area contributed by atoms with Crippen molar-refractivity contribution in [2.24, 2.45) is 0 Å². The van der Waals surface area contributed by atoms with Gasteiger partial charge in [0.1, 0.15) is 17.2 Å². The summed E-state index contributed by atoms with van der Waals surface area (Å²) in [6.07, 6.45) is 0. The fourth-order valence-corrected chi connectivity index (χ4v) is 2.22. The number of nitrogens with zero attached hydrogens (tertiary/aromatic N) is 1. The van der Waals surface area contributed by atoms with Crippen molar-refractivity contribution in [1.82, 2.24) is 4.98 Å². The van der Waals surface area contributed by atoms with Crippen LogP contribution >= 0.6 is 0 Å². The Bertz CT molecular complexity index is 627. The minimum atomic E-state index is -0.188. The Morgan fingerprint density at radius 1 is 1.00 bits per heavy atom. The first-order chi connectivity index (χ1) is 9.26. The van der Waals surface area contributed by atoms with Crippen LogP contribution < -0.4 is 10.5 Å². The topological polar surface area (TPSA) is 48.1 Å². The number of rotatable bonds is 2. The number of pyridine rings is 1. The van der Waals surface area contributed by atoms with E-state index in [4.69, 9.17) is 10.5 Å². The lowest BCUT2D eigenvalue weighted by atomic mass is 9.99. The van der Waals surface area contributed by atoms with E-state index >= 15 is 0 Å². The van der Waals surface area contributed by atoms with Crippen molar-refractivity contribution in [1.29, 1.82) is 0 Å². The highest BCUT2D eigenvalue weighted by Crippen LogP contribution is 2.30. The molecule has 3 heteroatoms. The number of nitrogen functional groups attached to an aromatic ring is 1. The second-order valence-electron chi connectivity index (χ2n) is 6.06. The van der Waals surface area contributed by atoms with Crippen LogP contribution in [0.1, 0.15) is 32.0 Å². The number of nitrogens with two attached hydrogens (primary N) is 1. The summed E-state index contributed by atoms with van der Waals surface area (Å²) in [7, 11) is 0. The van der Waals surface area contributed by atoms with E-state index in [1.165, 1.54) is 5.56 Å². The van der Waals surface area contributed by atoms with Crippen molar-refractivity contribution >= 4 is 5.82 Å². The minimum Gasteiger partial charge on any atom is -0.488 e. The average Bonchev–Trinajstić information content (AvgIpc) is 2.28. The molecular formula is C17H22N2O. The molecule has 0 spiro atoms. The highest BCUT2D eigenvalue weighted by Gasteiger charge is 2.13. The Kier molecular flexibility index (Phi) is 3.71. The Balaban J connectivity index is 2.39. The van der Waals surface area contributed by atoms with Gasteiger partial charge < -0.3 is 10.5 Å². The quantitative estimate of drug-likeness (QED) is 0.892. The molecule has 0 saturated carbocycles. The van der Waals surface area contributed by atoms with Crippen molar-refractivity contribution in [3.05, 3.63) is 41.6 Å². The molecule has 0 saturated heterocycles. The van der Waals surface area contributed by atoms with Crippen LogP contribution in [0.25, 0.3) is 11.1 Å². The predicted octanol–water partition coefficient (Wildman–Crippen LogP) is 4.12. The largest absolute Gasteiger partial charge is 0.488 e. The lowest BCUT2D eigenvalue weighted by Crippen LogP contribution is -2.22. The molecule has 0 aliphatic heterocycles. The van der Waals surface area contributed by atoms with E-state index in [1.54, 1.807) is 0 Å². The first-order valence-electron chi connectivity index (χ1n) is 6.79. The van der Waals surface area contributed by atoms with Crippen LogP contribution in [-0.4, -0.2) is 10.6 Å². The summed E-state index contributed by atoms with van der Waals surface area (Å²) >= 11 is 0. The molecule has 0 aliphatic carbocycles. The fourth-order valence-electron chi connectivity index (χ4n) is 2.22. The van der Waals surface area contributed by atoms with Crippen molar-refractivity contribution < 1.29 is 4.74 Å². The fraction of sp³-hybridized carbons (Fsp3) is 0.353. The van der Waals surface area contributed by atoms with E-state index in [9.17, 15) is 0 Å². The van der Waals surface area contributed by atoms with Gasteiger partial charge in [0.15, 0.2) is 0 Å². The van der Waals surface area contributed by atoms with Gasteiger partial charge in [0, 0.05) is 11.3 Å². The minimum absolute atomic E-state index is 0.188. The van der Waals surface area contributed by atoms with E-state index in [2.05, 4.69) is 24.0 Å². The zero-order valence-corrected chi connectivity index (χ0v) is 12.8. The maximum atomic E-state index is 5.89. The molecule has 0 bridgehead atoms. The number of ether oxygens (including phenoxy) is 1. The monoisotopic (exact) mass is 270 g/mol. The zero-order chi connectivity index (χ0) is 14.9. The van der Waals surface area contributed by atoms with Crippen LogP contribution in [0.3, 0.4) is 0 Å². The molecule has 1 aromatic carbocycles. The maximum Gasteiger partial charge on any atom is 0.123 e. The van der Waals surface area contributed by atoms with Crippen LogP contribution in [-0.2, 0) is 0 Å². The Labute approximate surface area is 120 Å². The lowest BCUT2D eigenvalue weighted by Gasteiger charge is -2.22. The molecule has 0 radical (unpaired) electrons. The summed E-state index contributed by atoms with van der Waals surface area (Å²) in [5, 5.41) is 0. The molecule has 20 heavy (non-hydrogen) atoms. The van der Waals surface area contributed by atoms with Crippen molar-refractivity contribution in [3.63, 3.8) is 0 Å². The highest BCUT2D eigenvalue weighted by atomic mass is 16.5. The summed E-state index contributed by atoms with van der Waals surface area (Å²) in [5.74, 6) is 1.44. The Hall–Kier alpha value is -2.03. The molecule has 2 aromatic rings. The van der Waals surface area contributed by atoms with E-state index in [-0.39, 0.29) is 5.60 Å². The van der Waals surface area contributed by atoms with Gasteiger partial charge in [-0.1, -0.05) is 6.07 Å². The van der Waals surface area contributed by atoms with Crippen molar-refractivity contribution in [2.75, 3.05) is 5.73 Å². The van der Waals surface area contributed by atoms with E-state index < -0.39 is 0 Å². The molecule has 106 valence electrons. The smallest absolute Gasteiger partial charge is 0.123 e. The number of hydrogen-bond donors (Lipinski definition) is 1. The summed E-state index contributed by atoms with van der Waals surface area (Å²) in [6.45, 7) is 10.2. The number of anilines is 1. The van der Waals surface area contributed by atoms with Gasteiger partial charge >= 0.3 is 0 Å². The van der Waals surface area contributed by atoms with Gasteiger partial charge in [0.25, 0.3) is 0 Å². The lowest BCUT2D eigenvalue weighted by molar-refractivity contribution is 0.131. The summed E-state index contributed by atoms with van der Waals surface area (Å²) in [4.78, 5) is 4.32. The number of benzene rings is 1. The van der Waals surface area contributed by atoms with Gasteiger partial charge in [-0.25, -0.2) is 4.98 Å². The zero-order valence-electron chi connectivity index (χ0n) is 12.8. The standard InChI is InChI=1S/C17H22N2O/c1-11-10-13(20-17(3,4)5)6-7-14(11)15-8-9-16(18)19-12(15)2/h6-10H,1-5H3,(H2,18,19). The molecule has 3 nitrogen and oxygen atoms in total. The van der Waals surface area contributed by atoms with Crippen LogP contribution in [0.15, 0.2) is 30.3 Å². The van der Waals surface area contributed by atoms with Gasteiger partial charge in [-0.15, -0.1) is 0 Å². The maximum absolute atomic E-state index is 5.89. The van der Waals surface area contributed by atoms with Gasteiger partial charge in [-0.3, -0.25) is 0 Å². The molecule has 0 unspecified atom stereocenters. The molecule has 0 aliphatic rings. The van der Waals surface area contributed by atoms with E-state index in [0.29, 0.717) is 5.82 Å². The number of aromatic nitrogens is 1. The molecular weight excluding hydrogens is 248 g/mol. The van der Waals surface area contributed by atoms with Crippen molar-refractivity contribution in [3.8, 4) is 16.9 Å². The second kappa shape index (κ2) is 5.16. The van der Waals surface area contributed by atoms with Crippen LogP contribution in [0, 0.1) is 13.8 Å². The second-order valence-corrected chi connectivity index (χ2v) is 6.06. The number of aryl methyl sites for hydroxylation is 2. The highest BCUT2D eigenvalue weighted by molar-refractivity contribution is 5.70. The summed E-state index contributed by atoms with van der Waals surface area (Å²) < 4.78 is 5.89. The molecule has 0 atom stereocenters. The molecule has 1 heterocycles. The van der Waals surface area contributed by atoms with Gasteiger partial charge in [0.05, 0.1) is 0 Å². The molecule has 1 aromatic heterocycles. The first-order valence-corrected chi connectivity index (χ1v) is 6.79. The van der Waals surface area contributed by atoms with Crippen molar-refractivity contribution in [2.45, 2.75) is 40.2 Å². The third-order valence-electron chi connectivity index (χ3n) is 3.02. The molecule has 2 N–H and O–H groups in total.